The van der Waals surface area contributed by atoms with E-state index in [1.54, 1.807) is 6.08 Å². The molecule has 15 heavy (non-hydrogen) atoms. The summed E-state index contributed by atoms with van der Waals surface area (Å²) in [6, 6.07) is -0.0408. The van der Waals surface area contributed by atoms with Crippen LogP contribution in [0.5, 0.6) is 0 Å². The number of hydrogen-bond acceptors (Lipinski definition) is 3. The van der Waals surface area contributed by atoms with Gasteiger partial charge in [-0.2, -0.15) is 0 Å². The summed E-state index contributed by atoms with van der Waals surface area (Å²) in [6.07, 6.45) is 3.23. The lowest BCUT2D eigenvalue weighted by molar-refractivity contribution is -0.122. The van der Waals surface area contributed by atoms with Crippen molar-refractivity contribution in [3.05, 3.63) is 12.7 Å². The van der Waals surface area contributed by atoms with Crippen molar-refractivity contribution in [2.45, 2.75) is 38.8 Å². The van der Waals surface area contributed by atoms with Crippen LogP contribution in [0.1, 0.15) is 26.7 Å². The van der Waals surface area contributed by atoms with E-state index in [1.165, 1.54) is 0 Å². The molecule has 0 aliphatic carbocycles. The molecule has 0 spiro atoms. The highest BCUT2D eigenvalue weighted by Crippen LogP contribution is 1.98. The molecule has 0 saturated carbocycles. The second kappa shape index (κ2) is 8.44. The Balaban J connectivity index is 3.91. The number of carbonyl (C=O) groups is 1. The van der Waals surface area contributed by atoms with E-state index in [-0.39, 0.29) is 24.6 Å². The highest BCUT2D eigenvalue weighted by atomic mass is 16.3. The van der Waals surface area contributed by atoms with Crippen LogP contribution in [0.2, 0.25) is 0 Å². The maximum atomic E-state index is 11.5. The van der Waals surface area contributed by atoms with E-state index in [1.807, 2.05) is 13.8 Å². The number of aliphatic hydroxyl groups is 1. The second-order valence-corrected chi connectivity index (χ2v) is 3.54. The monoisotopic (exact) mass is 214 g/mol. The lowest BCUT2D eigenvalue weighted by Gasteiger charge is -2.20. The zero-order valence-electron chi connectivity index (χ0n) is 9.62. The van der Waals surface area contributed by atoms with Gasteiger partial charge in [0.1, 0.15) is 0 Å². The first kappa shape index (κ1) is 14.1. The van der Waals surface area contributed by atoms with Gasteiger partial charge < -0.3 is 15.7 Å². The largest absolute Gasteiger partial charge is 0.396 e. The van der Waals surface area contributed by atoms with Gasteiger partial charge in [0, 0.05) is 19.2 Å². The summed E-state index contributed by atoms with van der Waals surface area (Å²) in [5, 5.41) is 14.7. The van der Waals surface area contributed by atoms with Crippen LogP contribution in [0.15, 0.2) is 12.7 Å². The average molecular weight is 214 g/mol. The van der Waals surface area contributed by atoms with Crippen LogP contribution in [0, 0.1) is 0 Å². The van der Waals surface area contributed by atoms with E-state index in [0.29, 0.717) is 13.0 Å². The third-order valence-corrected chi connectivity index (χ3v) is 2.27. The van der Waals surface area contributed by atoms with E-state index in [0.717, 1.165) is 6.42 Å². The predicted molar refractivity (Wildman–Crippen MR) is 61.6 cm³/mol. The molecule has 1 amide bonds. The van der Waals surface area contributed by atoms with Crippen LogP contribution >= 0.6 is 0 Å². The lowest BCUT2D eigenvalue weighted by atomic mass is 10.1. The molecule has 0 radical (unpaired) electrons. The van der Waals surface area contributed by atoms with Crippen molar-refractivity contribution in [2.24, 2.45) is 0 Å². The minimum absolute atomic E-state index is 0.0358. The van der Waals surface area contributed by atoms with Crippen LogP contribution in [0.4, 0.5) is 0 Å². The van der Waals surface area contributed by atoms with E-state index < -0.39 is 0 Å². The van der Waals surface area contributed by atoms with Gasteiger partial charge in [0.15, 0.2) is 0 Å². The molecule has 2 unspecified atom stereocenters. The average Bonchev–Trinajstić information content (AvgIpc) is 2.24. The topological polar surface area (TPSA) is 61.4 Å². The fraction of sp³-hybridized carbons (Fsp3) is 0.727. The van der Waals surface area contributed by atoms with E-state index in [9.17, 15) is 4.79 Å². The van der Waals surface area contributed by atoms with Gasteiger partial charge in [-0.1, -0.05) is 13.0 Å². The zero-order chi connectivity index (χ0) is 11.7. The Morgan fingerprint density at radius 3 is 2.73 bits per heavy atom. The highest BCUT2D eigenvalue weighted by molar-refractivity contribution is 5.81. The predicted octanol–water partition coefficient (Wildman–Crippen LogP) is 0.428. The van der Waals surface area contributed by atoms with Crippen molar-refractivity contribution in [3.63, 3.8) is 0 Å². The zero-order valence-corrected chi connectivity index (χ0v) is 9.62. The maximum absolute atomic E-state index is 11.5. The van der Waals surface area contributed by atoms with Crippen LogP contribution in [-0.2, 0) is 4.79 Å². The van der Waals surface area contributed by atoms with Crippen LogP contribution in [0.25, 0.3) is 0 Å². The van der Waals surface area contributed by atoms with E-state index in [2.05, 4.69) is 17.2 Å². The molecule has 0 aliphatic heterocycles. The van der Waals surface area contributed by atoms with Crippen molar-refractivity contribution in [2.75, 3.05) is 13.2 Å². The molecule has 0 heterocycles. The molecule has 0 aromatic carbocycles. The fourth-order valence-corrected chi connectivity index (χ4v) is 1.32. The number of aliphatic hydroxyl groups excluding tert-OH is 1. The Morgan fingerprint density at radius 2 is 2.27 bits per heavy atom. The van der Waals surface area contributed by atoms with Crippen molar-refractivity contribution in [1.82, 2.24) is 10.6 Å². The standard InChI is InChI=1S/C11H22N2O2/c1-4-7-12-11(15)9(3)13-10(5-2)6-8-14/h4,9-10,13-14H,1,5-8H2,2-3H3,(H,12,15). The molecule has 0 aromatic heterocycles. The fourth-order valence-electron chi connectivity index (χ4n) is 1.32. The first-order chi connectivity index (χ1) is 7.15. The first-order valence-corrected chi connectivity index (χ1v) is 5.41. The van der Waals surface area contributed by atoms with Gasteiger partial charge in [-0.15, -0.1) is 6.58 Å². The molecule has 0 fully saturated rings. The Hall–Kier alpha value is -0.870. The number of nitrogens with one attached hydrogen (secondary N) is 2. The quantitative estimate of drug-likeness (QED) is 0.513. The normalized spacial score (nSPS) is 14.3. The van der Waals surface area contributed by atoms with Crippen molar-refractivity contribution in [1.29, 1.82) is 0 Å². The maximum Gasteiger partial charge on any atom is 0.237 e. The smallest absolute Gasteiger partial charge is 0.237 e. The van der Waals surface area contributed by atoms with Crippen molar-refractivity contribution < 1.29 is 9.90 Å². The van der Waals surface area contributed by atoms with Crippen LogP contribution < -0.4 is 10.6 Å². The van der Waals surface area contributed by atoms with E-state index in [4.69, 9.17) is 5.11 Å². The van der Waals surface area contributed by atoms with E-state index >= 15 is 0 Å². The molecule has 3 N–H and O–H groups in total. The minimum atomic E-state index is -0.235. The van der Waals surface area contributed by atoms with Gasteiger partial charge in [0.25, 0.3) is 0 Å². The number of amides is 1. The van der Waals surface area contributed by atoms with Crippen molar-refractivity contribution >= 4 is 5.91 Å². The Bertz CT molecular complexity index is 195. The summed E-state index contributed by atoms with van der Waals surface area (Å²) in [7, 11) is 0. The molecule has 4 nitrogen and oxygen atoms in total. The molecule has 0 rings (SSSR count). The third kappa shape index (κ3) is 6.25. The lowest BCUT2D eigenvalue weighted by Crippen LogP contribution is -2.46. The SMILES string of the molecule is C=CCNC(=O)C(C)NC(CC)CCO. The van der Waals surface area contributed by atoms with Crippen LogP contribution in [0.3, 0.4) is 0 Å². The molecule has 88 valence electrons. The Morgan fingerprint density at radius 1 is 1.60 bits per heavy atom. The Labute approximate surface area is 91.8 Å². The first-order valence-electron chi connectivity index (χ1n) is 5.41. The van der Waals surface area contributed by atoms with Gasteiger partial charge in [-0.3, -0.25) is 4.79 Å². The molecule has 0 aliphatic rings. The summed E-state index contributed by atoms with van der Waals surface area (Å²) in [4.78, 5) is 11.5. The molecule has 0 saturated heterocycles. The second-order valence-electron chi connectivity index (χ2n) is 3.54. The summed E-state index contributed by atoms with van der Waals surface area (Å²) in [6.45, 7) is 8.01. The Kier molecular flexibility index (Phi) is 7.95. The highest BCUT2D eigenvalue weighted by Gasteiger charge is 2.15. The van der Waals surface area contributed by atoms with Gasteiger partial charge in [0.2, 0.25) is 5.91 Å². The number of carbonyl (C=O) groups excluding carboxylic acids is 1. The molecule has 2 atom stereocenters. The summed E-state index contributed by atoms with van der Waals surface area (Å²) < 4.78 is 0. The number of hydrogen-bond donors (Lipinski definition) is 3. The third-order valence-electron chi connectivity index (χ3n) is 2.27. The molecule has 0 aromatic rings. The van der Waals surface area contributed by atoms with Gasteiger partial charge in [-0.25, -0.2) is 0 Å². The molecular weight excluding hydrogens is 192 g/mol. The van der Waals surface area contributed by atoms with Gasteiger partial charge >= 0.3 is 0 Å². The van der Waals surface area contributed by atoms with Crippen molar-refractivity contribution in [3.8, 4) is 0 Å². The number of rotatable bonds is 8. The summed E-state index contributed by atoms with van der Waals surface area (Å²) in [5.41, 5.74) is 0. The van der Waals surface area contributed by atoms with Gasteiger partial charge in [-0.05, 0) is 19.8 Å². The molecule has 0 bridgehead atoms. The van der Waals surface area contributed by atoms with Crippen LogP contribution in [-0.4, -0.2) is 36.2 Å². The van der Waals surface area contributed by atoms with Gasteiger partial charge in [0.05, 0.1) is 6.04 Å². The molecule has 4 heteroatoms. The molecular formula is C11H22N2O2. The summed E-state index contributed by atoms with van der Waals surface area (Å²) in [5.74, 6) is -0.0358. The minimum Gasteiger partial charge on any atom is -0.396 e. The summed E-state index contributed by atoms with van der Waals surface area (Å²) >= 11 is 0.